The van der Waals surface area contributed by atoms with E-state index in [1.54, 1.807) is 22.3 Å². The Morgan fingerprint density at radius 2 is 1.62 bits per heavy atom. The average molecular weight is 344 g/mol. The molecule has 0 N–H and O–H groups in total. The van der Waals surface area contributed by atoms with Crippen LogP contribution in [0.15, 0.2) is 48.5 Å². The zero-order valence-corrected chi connectivity index (χ0v) is 15.8. The highest BCUT2D eigenvalue weighted by Crippen LogP contribution is 2.64. The van der Waals surface area contributed by atoms with Gasteiger partial charge in [-0.1, -0.05) is 61.4 Å². The van der Waals surface area contributed by atoms with Crippen molar-refractivity contribution in [2.45, 2.75) is 62.3 Å². The molecule has 2 aromatic carbocycles. The predicted molar refractivity (Wildman–Crippen MR) is 107 cm³/mol. The fourth-order valence-electron chi connectivity index (χ4n) is 7.26. The van der Waals surface area contributed by atoms with Crippen LogP contribution in [-0.2, 0) is 5.41 Å². The summed E-state index contributed by atoms with van der Waals surface area (Å²) in [6.07, 6.45) is 7.15. The molecule has 1 saturated carbocycles. The summed E-state index contributed by atoms with van der Waals surface area (Å²) < 4.78 is 0. The van der Waals surface area contributed by atoms with Gasteiger partial charge in [-0.05, 0) is 54.4 Å². The maximum atomic E-state index is 2.88. The molecule has 1 aliphatic heterocycles. The third-order valence-corrected chi connectivity index (χ3v) is 8.25. The number of rotatable bonds is 2. The third-order valence-electron chi connectivity index (χ3n) is 8.25. The van der Waals surface area contributed by atoms with Crippen LogP contribution in [0.3, 0.4) is 0 Å². The van der Waals surface area contributed by atoms with Gasteiger partial charge in [0.25, 0.3) is 0 Å². The lowest BCUT2D eigenvalue weighted by atomic mass is 9.63. The molecule has 2 aromatic rings. The van der Waals surface area contributed by atoms with E-state index in [9.17, 15) is 0 Å². The van der Waals surface area contributed by atoms with Crippen LogP contribution in [0.25, 0.3) is 0 Å². The summed E-state index contributed by atoms with van der Waals surface area (Å²) in [6.45, 7) is 5.12. The van der Waals surface area contributed by atoms with E-state index in [4.69, 9.17) is 0 Å². The Kier molecular flexibility index (Phi) is 3.24. The molecule has 4 atom stereocenters. The topological polar surface area (TPSA) is 3.24 Å². The van der Waals surface area contributed by atoms with Gasteiger partial charge in [0, 0.05) is 36.4 Å². The predicted octanol–water partition coefficient (Wildman–Crippen LogP) is 5.45. The van der Waals surface area contributed by atoms with Gasteiger partial charge in [0.1, 0.15) is 0 Å². The highest BCUT2D eigenvalue weighted by molar-refractivity contribution is 5.58. The lowest BCUT2D eigenvalue weighted by molar-refractivity contribution is 0.216. The van der Waals surface area contributed by atoms with E-state index >= 15 is 0 Å². The van der Waals surface area contributed by atoms with E-state index in [1.807, 2.05) is 0 Å². The zero-order valence-electron chi connectivity index (χ0n) is 15.8. The van der Waals surface area contributed by atoms with Crippen molar-refractivity contribution in [3.8, 4) is 0 Å². The van der Waals surface area contributed by atoms with Gasteiger partial charge in [0.05, 0.1) is 0 Å². The number of hydrogen-bond acceptors (Lipinski definition) is 1. The lowest BCUT2D eigenvalue weighted by Gasteiger charge is -2.39. The van der Waals surface area contributed by atoms with Gasteiger partial charge < -0.3 is 0 Å². The molecule has 4 unspecified atom stereocenters. The van der Waals surface area contributed by atoms with E-state index in [-0.39, 0.29) is 0 Å². The Balaban J connectivity index is 1.49. The van der Waals surface area contributed by atoms with E-state index in [1.165, 1.54) is 45.2 Å². The summed E-state index contributed by atoms with van der Waals surface area (Å²) in [6, 6.07) is 19.4. The fourth-order valence-corrected chi connectivity index (χ4v) is 7.26. The van der Waals surface area contributed by atoms with Crippen molar-refractivity contribution in [1.29, 1.82) is 0 Å². The Labute approximate surface area is 157 Å². The second-order valence-electron chi connectivity index (χ2n) is 9.43. The Hall–Kier alpha value is -1.60. The molecule has 0 amide bonds. The Bertz CT molecular complexity index is 849. The minimum absolute atomic E-state index is 0.355. The first-order valence-electron chi connectivity index (χ1n) is 10.7. The highest BCUT2D eigenvalue weighted by atomic mass is 15.2. The summed E-state index contributed by atoms with van der Waals surface area (Å²) in [4.78, 5) is 2.88. The largest absolute Gasteiger partial charge is 0.299 e. The van der Waals surface area contributed by atoms with Crippen LogP contribution in [0.2, 0.25) is 0 Å². The average Bonchev–Trinajstić information content (AvgIpc) is 3.35. The van der Waals surface area contributed by atoms with Gasteiger partial charge in [-0.25, -0.2) is 0 Å². The van der Waals surface area contributed by atoms with Gasteiger partial charge in [-0.15, -0.1) is 0 Å². The molecule has 26 heavy (non-hydrogen) atoms. The van der Waals surface area contributed by atoms with Crippen molar-refractivity contribution in [3.63, 3.8) is 0 Å². The van der Waals surface area contributed by atoms with Crippen LogP contribution >= 0.6 is 0 Å². The van der Waals surface area contributed by atoms with Crippen LogP contribution in [0.1, 0.15) is 73.1 Å². The van der Waals surface area contributed by atoms with Crippen LogP contribution < -0.4 is 0 Å². The molecule has 1 saturated heterocycles. The molecular formula is C25H29N. The van der Waals surface area contributed by atoms with Gasteiger partial charge >= 0.3 is 0 Å². The molecule has 134 valence electrons. The first-order valence-corrected chi connectivity index (χ1v) is 10.7. The number of benzene rings is 2. The number of nitrogens with zero attached hydrogens (tertiary/aromatic N) is 1. The van der Waals surface area contributed by atoms with Gasteiger partial charge in [0.15, 0.2) is 0 Å². The van der Waals surface area contributed by atoms with Gasteiger partial charge in [-0.2, -0.15) is 0 Å². The van der Waals surface area contributed by atoms with Crippen molar-refractivity contribution in [2.75, 3.05) is 13.1 Å². The van der Waals surface area contributed by atoms with Crippen molar-refractivity contribution >= 4 is 0 Å². The standard InChI is InChI=1S/C25H29N/c1-17-24-21-12-5-4-10-19(21)22-14-25(24,23-13-7-6-11-20(22)23)16-26(17)15-18-8-2-3-9-18/h4-7,10-13,17-18,22,24H,2-3,8-9,14-16H2,1H3. The number of hydrogen-bond donors (Lipinski definition) is 0. The third kappa shape index (κ3) is 1.90. The first-order chi connectivity index (χ1) is 12.8. The summed E-state index contributed by atoms with van der Waals surface area (Å²) in [5.41, 5.74) is 6.92. The van der Waals surface area contributed by atoms with Gasteiger partial charge in [-0.3, -0.25) is 4.90 Å². The van der Waals surface area contributed by atoms with Crippen molar-refractivity contribution in [1.82, 2.24) is 4.90 Å². The Morgan fingerprint density at radius 1 is 0.923 bits per heavy atom. The number of likely N-dealkylation sites (tertiary alicyclic amines) is 1. The molecular weight excluding hydrogens is 314 g/mol. The van der Waals surface area contributed by atoms with Crippen LogP contribution in [0.5, 0.6) is 0 Å². The summed E-state index contributed by atoms with van der Waals surface area (Å²) in [5, 5.41) is 0. The first kappa shape index (κ1) is 15.5. The summed E-state index contributed by atoms with van der Waals surface area (Å²) >= 11 is 0. The molecule has 6 rings (SSSR count). The number of fused-ring (bicyclic) bond motifs is 3. The Morgan fingerprint density at radius 3 is 2.42 bits per heavy atom. The molecule has 1 spiro atoms. The molecule has 1 nitrogen and oxygen atoms in total. The second kappa shape index (κ2) is 5.45. The molecule has 3 aliphatic carbocycles. The SMILES string of the molecule is CC1C2c3ccccc3C3CC2(CN1CC1CCCC1)c1ccccc13. The fraction of sp³-hybridized carbons (Fsp3) is 0.520. The van der Waals surface area contributed by atoms with Crippen LogP contribution in [0, 0.1) is 5.92 Å². The minimum atomic E-state index is 0.355. The van der Waals surface area contributed by atoms with E-state index < -0.39 is 0 Å². The normalized spacial score (nSPS) is 35.3. The molecule has 4 aliphatic rings. The van der Waals surface area contributed by atoms with E-state index in [0.717, 1.165) is 5.92 Å². The van der Waals surface area contributed by atoms with Crippen molar-refractivity contribution < 1.29 is 0 Å². The van der Waals surface area contributed by atoms with E-state index in [0.29, 0.717) is 23.3 Å². The van der Waals surface area contributed by atoms with Crippen LogP contribution in [-0.4, -0.2) is 24.0 Å². The van der Waals surface area contributed by atoms with Gasteiger partial charge in [0.2, 0.25) is 0 Å². The molecule has 0 radical (unpaired) electrons. The maximum Gasteiger partial charge on any atom is 0.0176 e. The molecule has 1 heteroatoms. The summed E-state index contributed by atoms with van der Waals surface area (Å²) in [7, 11) is 0. The summed E-state index contributed by atoms with van der Waals surface area (Å²) in [5.74, 6) is 2.23. The lowest BCUT2D eigenvalue weighted by Crippen LogP contribution is -2.35. The minimum Gasteiger partial charge on any atom is -0.299 e. The van der Waals surface area contributed by atoms with E-state index in [2.05, 4.69) is 60.4 Å². The molecule has 0 aromatic heterocycles. The highest BCUT2D eigenvalue weighted by Gasteiger charge is 2.60. The quantitative estimate of drug-likeness (QED) is 0.701. The smallest absolute Gasteiger partial charge is 0.0176 e. The molecule has 1 heterocycles. The molecule has 2 fully saturated rings. The zero-order chi connectivity index (χ0) is 17.3. The van der Waals surface area contributed by atoms with Crippen molar-refractivity contribution in [2.24, 2.45) is 5.92 Å². The molecule has 2 bridgehead atoms. The van der Waals surface area contributed by atoms with Crippen LogP contribution in [0.4, 0.5) is 0 Å². The monoisotopic (exact) mass is 343 g/mol. The van der Waals surface area contributed by atoms with Crippen molar-refractivity contribution in [3.05, 3.63) is 70.8 Å². The second-order valence-corrected chi connectivity index (χ2v) is 9.43. The maximum absolute atomic E-state index is 2.88.